The number of aryl methyl sites for hydroxylation is 1. The Morgan fingerprint density at radius 1 is 1.39 bits per heavy atom. The van der Waals surface area contributed by atoms with Crippen molar-refractivity contribution in [2.75, 3.05) is 0 Å². The maximum absolute atomic E-state index is 11.6. The van der Waals surface area contributed by atoms with E-state index in [1.807, 2.05) is 24.8 Å². The maximum atomic E-state index is 11.6. The Kier molecular flexibility index (Phi) is 4.81. The van der Waals surface area contributed by atoms with Gasteiger partial charge in [0.1, 0.15) is 0 Å². The van der Waals surface area contributed by atoms with Crippen LogP contribution in [0.15, 0.2) is 17.3 Å². The topological polar surface area (TPSA) is 30.0 Å². The lowest BCUT2D eigenvalue weighted by Crippen LogP contribution is -2.09. The largest absolute Gasteiger partial charge is 0.294 e. The second kappa shape index (κ2) is 6.37. The van der Waals surface area contributed by atoms with Crippen molar-refractivity contribution < 1.29 is 4.79 Å². The predicted octanol–water partition coefficient (Wildman–Crippen LogP) is 4.41. The van der Waals surface area contributed by atoms with Crippen molar-refractivity contribution in [3.05, 3.63) is 23.4 Å². The molecule has 0 radical (unpaired) electrons. The molecule has 0 aliphatic heterocycles. The van der Waals surface area contributed by atoms with E-state index in [1.54, 1.807) is 6.20 Å². The smallest absolute Gasteiger partial charge is 0.164 e. The first-order valence-electron chi connectivity index (χ1n) is 6.87. The zero-order valence-electron chi connectivity index (χ0n) is 11.2. The maximum Gasteiger partial charge on any atom is 0.164 e. The molecule has 1 aliphatic rings. The summed E-state index contributed by atoms with van der Waals surface area (Å²) in [5.41, 5.74) is 1.90. The van der Waals surface area contributed by atoms with Gasteiger partial charge in [-0.3, -0.25) is 4.79 Å². The van der Waals surface area contributed by atoms with Gasteiger partial charge in [-0.1, -0.05) is 26.2 Å². The summed E-state index contributed by atoms with van der Waals surface area (Å²) in [4.78, 5) is 16.1. The molecule has 0 atom stereocenters. The highest BCUT2D eigenvalue weighted by Gasteiger charge is 2.16. The number of pyridine rings is 1. The van der Waals surface area contributed by atoms with Gasteiger partial charge in [-0.25, -0.2) is 4.98 Å². The number of aromatic nitrogens is 1. The monoisotopic (exact) mass is 263 g/mol. The lowest BCUT2D eigenvalue weighted by molar-refractivity contribution is 0.0987. The molecule has 1 aromatic rings. The van der Waals surface area contributed by atoms with Crippen LogP contribution in [0.2, 0.25) is 0 Å². The van der Waals surface area contributed by atoms with Crippen LogP contribution < -0.4 is 0 Å². The molecule has 1 aliphatic carbocycles. The van der Waals surface area contributed by atoms with Gasteiger partial charge in [0.2, 0.25) is 0 Å². The molecule has 18 heavy (non-hydrogen) atoms. The molecule has 1 aromatic heterocycles. The second-order valence-electron chi connectivity index (χ2n) is 5.00. The number of thioether (sulfide) groups is 1. The zero-order valence-corrected chi connectivity index (χ0v) is 12.1. The minimum atomic E-state index is 0.180. The van der Waals surface area contributed by atoms with Crippen molar-refractivity contribution in [1.29, 1.82) is 0 Å². The fourth-order valence-electron chi connectivity index (χ4n) is 2.38. The van der Waals surface area contributed by atoms with Crippen LogP contribution in [0.4, 0.5) is 0 Å². The lowest BCUT2D eigenvalue weighted by atomic mass is 10.0. The minimum Gasteiger partial charge on any atom is -0.294 e. The summed E-state index contributed by atoms with van der Waals surface area (Å²) in [6, 6.07) is 1.99. The normalized spacial score (nSPS) is 16.8. The van der Waals surface area contributed by atoms with Gasteiger partial charge in [-0.05, 0) is 31.4 Å². The molecule has 0 aromatic carbocycles. The fraction of sp³-hybridized carbons (Fsp3) is 0.600. The Hall–Kier alpha value is -0.830. The number of hydrogen-bond acceptors (Lipinski definition) is 3. The number of carbonyl (C=O) groups excluding carboxylic acids is 1. The number of Topliss-reactive ketones (excluding diaryl/α,β-unsaturated/α-hetero) is 1. The molecule has 1 saturated carbocycles. The minimum absolute atomic E-state index is 0.180. The average Bonchev–Trinajstić information content (AvgIpc) is 2.41. The van der Waals surface area contributed by atoms with Crippen molar-refractivity contribution in [2.45, 2.75) is 62.6 Å². The van der Waals surface area contributed by atoms with E-state index in [0.717, 1.165) is 21.4 Å². The van der Waals surface area contributed by atoms with E-state index in [1.165, 1.54) is 32.1 Å². The predicted molar refractivity (Wildman–Crippen MR) is 76.3 cm³/mol. The molecule has 0 bridgehead atoms. The molecule has 3 heteroatoms. The van der Waals surface area contributed by atoms with Crippen LogP contribution in [0, 0.1) is 6.92 Å². The van der Waals surface area contributed by atoms with Gasteiger partial charge in [-0.2, -0.15) is 0 Å². The molecule has 0 spiro atoms. The van der Waals surface area contributed by atoms with Crippen molar-refractivity contribution in [2.24, 2.45) is 0 Å². The molecular formula is C15H21NOS. The quantitative estimate of drug-likeness (QED) is 0.754. The molecule has 2 rings (SSSR count). The third-order valence-corrected chi connectivity index (χ3v) is 4.96. The second-order valence-corrected chi connectivity index (χ2v) is 6.29. The van der Waals surface area contributed by atoms with E-state index in [9.17, 15) is 4.79 Å². The standard InChI is InChI=1S/C15H21NOS/c1-3-14(17)12-9-11(2)15(16-10-12)18-13-7-5-4-6-8-13/h9-10,13H,3-8H2,1-2H3. The third kappa shape index (κ3) is 3.35. The van der Waals surface area contributed by atoms with Crippen LogP contribution in [-0.2, 0) is 0 Å². The first kappa shape index (κ1) is 13.6. The van der Waals surface area contributed by atoms with Crippen LogP contribution in [-0.4, -0.2) is 16.0 Å². The average molecular weight is 263 g/mol. The molecule has 2 nitrogen and oxygen atoms in total. The van der Waals surface area contributed by atoms with Gasteiger partial charge in [0.15, 0.2) is 5.78 Å². The molecule has 0 N–H and O–H groups in total. The number of carbonyl (C=O) groups is 1. The summed E-state index contributed by atoms with van der Waals surface area (Å²) >= 11 is 1.90. The van der Waals surface area contributed by atoms with Gasteiger partial charge < -0.3 is 0 Å². The summed E-state index contributed by atoms with van der Waals surface area (Å²) in [6.07, 6.45) is 8.99. The SMILES string of the molecule is CCC(=O)c1cnc(SC2CCCCC2)c(C)c1. The van der Waals surface area contributed by atoms with Gasteiger partial charge in [0.05, 0.1) is 5.03 Å². The lowest BCUT2D eigenvalue weighted by Gasteiger charge is -2.21. The summed E-state index contributed by atoms with van der Waals surface area (Å²) in [6.45, 7) is 3.95. The highest BCUT2D eigenvalue weighted by Crippen LogP contribution is 2.34. The highest BCUT2D eigenvalue weighted by molar-refractivity contribution is 7.99. The Morgan fingerprint density at radius 3 is 2.72 bits per heavy atom. The van der Waals surface area contributed by atoms with Crippen LogP contribution in [0.1, 0.15) is 61.4 Å². The summed E-state index contributed by atoms with van der Waals surface area (Å²) in [5.74, 6) is 0.180. The van der Waals surface area contributed by atoms with E-state index >= 15 is 0 Å². The number of ketones is 1. The van der Waals surface area contributed by atoms with Gasteiger partial charge in [0, 0.05) is 23.4 Å². The van der Waals surface area contributed by atoms with Gasteiger partial charge in [0.25, 0.3) is 0 Å². The number of nitrogens with zero attached hydrogens (tertiary/aromatic N) is 1. The molecule has 1 fully saturated rings. The summed E-state index contributed by atoms with van der Waals surface area (Å²) < 4.78 is 0. The highest BCUT2D eigenvalue weighted by atomic mass is 32.2. The Bertz CT molecular complexity index is 425. The van der Waals surface area contributed by atoms with Crippen LogP contribution in [0.5, 0.6) is 0 Å². The Balaban J connectivity index is 2.07. The van der Waals surface area contributed by atoms with Crippen LogP contribution in [0.3, 0.4) is 0 Å². The van der Waals surface area contributed by atoms with Crippen molar-refractivity contribution in [3.8, 4) is 0 Å². The van der Waals surface area contributed by atoms with Crippen molar-refractivity contribution in [1.82, 2.24) is 4.98 Å². The summed E-state index contributed by atoms with van der Waals surface area (Å²) in [7, 11) is 0. The van der Waals surface area contributed by atoms with Crippen molar-refractivity contribution in [3.63, 3.8) is 0 Å². The first-order chi connectivity index (χ1) is 8.70. The summed E-state index contributed by atoms with van der Waals surface area (Å²) in [5, 5.41) is 1.83. The Labute approximate surface area is 114 Å². The number of hydrogen-bond donors (Lipinski definition) is 0. The van der Waals surface area contributed by atoms with Crippen molar-refractivity contribution >= 4 is 17.5 Å². The fourth-order valence-corrected chi connectivity index (χ4v) is 3.63. The molecule has 0 saturated heterocycles. The van der Waals surface area contributed by atoms with E-state index in [0.29, 0.717) is 6.42 Å². The van der Waals surface area contributed by atoms with Crippen LogP contribution in [0.25, 0.3) is 0 Å². The Morgan fingerprint density at radius 2 is 2.11 bits per heavy atom. The van der Waals surface area contributed by atoms with E-state index in [-0.39, 0.29) is 5.78 Å². The van der Waals surface area contributed by atoms with E-state index in [2.05, 4.69) is 11.9 Å². The molecular weight excluding hydrogens is 242 g/mol. The molecule has 1 heterocycles. The van der Waals surface area contributed by atoms with E-state index < -0.39 is 0 Å². The zero-order chi connectivity index (χ0) is 13.0. The van der Waals surface area contributed by atoms with Gasteiger partial charge >= 0.3 is 0 Å². The molecule has 0 amide bonds. The number of rotatable bonds is 4. The first-order valence-corrected chi connectivity index (χ1v) is 7.75. The van der Waals surface area contributed by atoms with E-state index in [4.69, 9.17) is 0 Å². The molecule has 0 unspecified atom stereocenters. The molecule has 98 valence electrons. The van der Waals surface area contributed by atoms with Gasteiger partial charge in [-0.15, -0.1) is 11.8 Å². The third-order valence-electron chi connectivity index (χ3n) is 3.50. The van der Waals surface area contributed by atoms with Crippen LogP contribution >= 0.6 is 11.8 Å².